The summed E-state index contributed by atoms with van der Waals surface area (Å²) in [6.07, 6.45) is 3.95. The summed E-state index contributed by atoms with van der Waals surface area (Å²) < 4.78 is 0. The number of benzene rings is 2. The lowest BCUT2D eigenvalue weighted by Gasteiger charge is -2.15. The van der Waals surface area contributed by atoms with Gasteiger partial charge in [-0.05, 0) is 36.6 Å². The summed E-state index contributed by atoms with van der Waals surface area (Å²) in [5.41, 5.74) is 4.35. The van der Waals surface area contributed by atoms with Gasteiger partial charge in [-0.2, -0.15) is 0 Å². The molecule has 1 heterocycles. The van der Waals surface area contributed by atoms with Gasteiger partial charge in [-0.15, -0.1) is 12.4 Å². The van der Waals surface area contributed by atoms with Crippen LogP contribution in [0.1, 0.15) is 27.9 Å². The lowest BCUT2D eigenvalue weighted by molar-refractivity contribution is 0.0956. The number of carbonyl (C=O) groups is 1. The van der Waals surface area contributed by atoms with Gasteiger partial charge in [0.2, 0.25) is 0 Å². The van der Waals surface area contributed by atoms with Crippen LogP contribution in [0.4, 0.5) is 0 Å². The van der Waals surface area contributed by atoms with E-state index in [4.69, 9.17) is 0 Å². The maximum atomic E-state index is 12.5. The van der Waals surface area contributed by atoms with Crippen molar-refractivity contribution >= 4 is 18.3 Å². The second kappa shape index (κ2) is 9.26. The van der Waals surface area contributed by atoms with Gasteiger partial charge in [0, 0.05) is 18.7 Å². The van der Waals surface area contributed by atoms with Gasteiger partial charge in [-0.25, -0.2) is 0 Å². The summed E-state index contributed by atoms with van der Waals surface area (Å²) in [5, 5.41) is 6.34. The fourth-order valence-corrected chi connectivity index (χ4v) is 2.83. The van der Waals surface area contributed by atoms with E-state index in [1.54, 1.807) is 0 Å². The summed E-state index contributed by atoms with van der Waals surface area (Å²) >= 11 is 0. The Morgan fingerprint density at radius 1 is 1.04 bits per heavy atom. The van der Waals surface area contributed by atoms with Crippen LogP contribution in [0.3, 0.4) is 0 Å². The van der Waals surface area contributed by atoms with Gasteiger partial charge >= 0.3 is 0 Å². The standard InChI is InChI=1S/C20H22N2O.ClH/c23-20(22-15-17-10-12-21-13-11-17)19-9-5-4-8-18(19)14-16-6-2-1-3-7-16;/h1-10,21H,11-15H2,(H,22,23);1H. The minimum absolute atomic E-state index is 0. The third kappa shape index (κ3) is 4.95. The molecule has 0 bridgehead atoms. The van der Waals surface area contributed by atoms with Gasteiger partial charge in [-0.1, -0.05) is 60.2 Å². The molecular weight excluding hydrogens is 320 g/mol. The molecule has 3 rings (SSSR count). The van der Waals surface area contributed by atoms with Crippen LogP contribution in [0.25, 0.3) is 0 Å². The average Bonchev–Trinajstić information content (AvgIpc) is 2.62. The number of halogens is 1. The largest absolute Gasteiger partial charge is 0.348 e. The molecule has 1 amide bonds. The zero-order chi connectivity index (χ0) is 15.9. The molecule has 0 spiro atoms. The number of hydrogen-bond acceptors (Lipinski definition) is 2. The van der Waals surface area contributed by atoms with Crippen molar-refractivity contribution in [1.82, 2.24) is 10.6 Å². The van der Waals surface area contributed by atoms with E-state index >= 15 is 0 Å². The SMILES string of the molecule is Cl.O=C(NCC1=CCNCC1)c1ccccc1Cc1ccccc1. The van der Waals surface area contributed by atoms with Crippen LogP contribution in [-0.4, -0.2) is 25.5 Å². The minimum atomic E-state index is 0. The minimum Gasteiger partial charge on any atom is -0.348 e. The van der Waals surface area contributed by atoms with Crippen molar-refractivity contribution in [2.45, 2.75) is 12.8 Å². The lowest BCUT2D eigenvalue weighted by atomic mass is 9.99. The van der Waals surface area contributed by atoms with Gasteiger partial charge in [0.15, 0.2) is 0 Å². The van der Waals surface area contributed by atoms with Gasteiger partial charge in [0.05, 0.1) is 0 Å². The zero-order valence-electron chi connectivity index (χ0n) is 13.6. The van der Waals surface area contributed by atoms with Crippen LogP contribution in [0.2, 0.25) is 0 Å². The number of carbonyl (C=O) groups excluding carboxylic acids is 1. The molecule has 2 N–H and O–H groups in total. The second-order valence-corrected chi connectivity index (χ2v) is 5.82. The number of rotatable bonds is 5. The quantitative estimate of drug-likeness (QED) is 0.818. The number of nitrogens with one attached hydrogen (secondary N) is 2. The van der Waals surface area contributed by atoms with Crippen LogP contribution in [0.15, 0.2) is 66.2 Å². The lowest BCUT2D eigenvalue weighted by Crippen LogP contribution is -2.30. The molecule has 0 radical (unpaired) electrons. The van der Waals surface area contributed by atoms with Crippen molar-refractivity contribution < 1.29 is 4.79 Å². The molecule has 0 saturated carbocycles. The highest BCUT2D eigenvalue weighted by molar-refractivity contribution is 5.95. The maximum absolute atomic E-state index is 12.5. The normalized spacial score (nSPS) is 13.6. The van der Waals surface area contributed by atoms with E-state index in [0.29, 0.717) is 6.54 Å². The Bertz CT molecular complexity index is 698. The van der Waals surface area contributed by atoms with Crippen LogP contribution < -0.4 is 10.6 Å². The van der Waals surface area contributed by atoms with E-state index in [9.17, 15) is 4.79 Å². The highest BCUT2D eigenvalue weighted by atomic mass is 35.5. The van der Waals surface area contributed by atoms with Crippen molar-refractivity contribution in [3.05, 3.63) is 82.9 Å². The first-order valence-corrected chi connectivity index (χ1v) is 8.11. The van der Waals surface area contributed by atoms with E-state index in [1.807, 2.05) is 42.5 Å². The molecule has 4 heteroatoms. The Morgan fingerprint density at radius 3 is 2.54 bits per heavy atom. The Labute approximate surface area is 149 Å². The van der Waals surface area contributed by atoms with E-state index < -0.39 is 0 Å². The first kappa shape index (κ1) is 18.2. The molecule has 0 aromatic heterocycles. The zero-order valence-corrected chi connectivity index (χ0v) is 14.4. The van der Waals surface area contributed by atoms with Crippen molar-refractivity contribution in [1.29, 1.82) is 0 Å². The van der Waals surface area contributed by atoms with Crippen molar-refractivity contribution in [2.24, 2.45) is 0 Å². The molecule has 0 atom stereocenters. The summed E-state index contributed by atoms with van der Waals surface area (Å²) in [6, 6.07) is 18.1. The molecule has 24 heavy (non-hydrogen) atoms. The van der Waals surface area contributed by atoms with Crippen LogP contribution in [0, 0.1) is 0 Å². The average molecular weight is 343 g/mol. The smallest absolute Gasteiger partial charge is 0.251 e. The fraction of sp³-hybridized carbons (Fsp3) is 0.250. The van der Waals surface area contributed by atoms with Crippen LogP contribution in [-0.2, 0) is 6.42 Å². The molecule has 2 aromatic carbocycles. The van der Waals surface area contributed by atoms with Crippen LogP contribution in [0.5, 0.6) is 0 Å². The first-order chi connectivity index (χ1) is 11.3. The monoisotopic (exact) mass is 342 g/mol. The Morgan fingerprint density at radius 2 is 1.79 bits per heavy atom. The number of hydrogen-bond donors (Lipinski definition) is 2. The Kier molecular flexibility index (Phi) is 7.04. The summed E-state index contributed by atoms with van der Waals surface area (Å²) in [7, 11) is 0. The maximum Gasteiger partial charge on any atom is 0.251 e. The van der Waals surface area contributed by atoms with Crippen molar-refractivity contribution in [2.75, 3.05) is 19.6 Å². The molecule has 0 saturated heterocycles. The molecule has 0 aliphatic carbocycles. The first-order valence-electron chi connectivity index (χ1n) is 8.11. The molecular formula is C20H23ClN2O. The van der Waals surface area contributed by atoms with Crippen molar-refractivity contribution in [3.63, 3.8) is 0 Å². The molecule has 2 aromatic rings. The van der Waals surface area contributed by atoms with Crippen molar-refractivity contribution in [3.8, 4) is 0 Å². The summed E-state index contributed by atoms with van der Waals surface area (Å²) in [4.78, 5) is 12.5. The highest BCUT2D eigenvalue weighted by Gasteiger charge is 2.12. The third-order valence-electron chi connectivity index (χ3n) is 4.13. The van der Waals surface area contributed by atoms with Gasteiger partial charge in [-0.3, -0.25) is 4.79 Å². The predicted molar refractivity (Wildman–Crippen MR) is 101 cm³/mol. The predicted octanol–water partition coefficient (Wildman–Crippen LogP) is 3.35. The molecule has 1 aliphatic rings. The summed E-state index contributed by atoms with van der Waals surface area (Å²) in [6.45, 7) is 2.53. The van der Waals surface area contributed by atoms with E-state index in [-0.39, 0.29) is 18.3 Å². The highest BCUT2D eigenvalue weighted by Crippen LogP contribution is 2.14. The van der Waals surface area contributed by atoms with Crippen LogP contribution >= 0.6 is 12.4 Å². The molecule has 3 nitrogen and oxygen atoms in total. The van der Waals surface area contributed by atoms with Gasteiger partial charge in [0.1, 0.15) is 0 Å². The van der Waals surface area contributed by atoms with Gasteiger partial charge < -0.3 is 10.6 Å². The molecule has 1 aliphatic heterocycles. The molecule has 126 valence electrons. The fourth-order valence-electron chi connectivity index (χ4n) is 2.83. The summed E-state index contributed by atoms with van der Waals surface area (Å²) in [5.74, 6) is 0.0102. The molecule has 0 fully saturated rings. The topological polar surface area (TPSA) is 41.1 Å². The van der Waals surface area contributed by atoms with E-state index in [1.165, 1.54) is 11.1 Å². The number of amides is 1. The van der Waals surface area contributed by atoms with Gasteiger partial charge in [0.25, 0.3) is 5.91 Å². The van der Waals surface area contributed by atoms with E-state index in [0.717, 1.165) is 37.1 Å². The second-order valence-electron chi connectivity index (χ2n) is 5.82. The Balaban J connectivity index is 0.00000208. The van der Waals surface area contributed by atoms with E-state index in [2.05, 4.69) is 28.8 Å². The molecule has 0 unspecified atom stereocenters. The third-order valence-corrected chi connectivity index (χ3v) is 4.13. The Hall–Kier alpha value is -2.10.